The maximum absolute atomic E-state index is 14.0. The molecular weight excluding hydrogens is 485 g/mol. The van der Waals surface area contributed by atoms with Gasteiger partial charge in [0.25, 0.3) is 5.91 Å². The van der Waals surface area contributed by atoms with Crippen molar-refractivity contribution in [1.29, 1.82) is 0 Å². The van der Waals surface area contributed by atoms with Gasteiger partial charge in [-0.2, -0.15) is 13.2 Å². The number of nitrogens with one attached hydrogen (secondary N) is 1. The minimum absolute atomic E-state index is 0.0682. The quantitative estimate of drug-likeness (QED) is 0.402. The Morgan fingerprint density at radius 2 is 1.97 bits per heavy atom. The number of amides is 2. The molecule has 3 heterocycles. The minimum Gasteiger partial charge on any atom is -0.383 e. The molecule has 2 amide bonds. The Balaban J connectivity index is 1.87. The van der Waals surface area contributed by atoms with E-state index in [1.807, 2.05) is 6.92 Å². The molecule has 3 atom stereocenters. The number of nitrogens with zero attached hydrogens (tertiary/aromatic N) is 4. The molecule has 192 valence electrons. The summed E-state index contributed by atoms with van der Waals surface area (Å²) >= 11 is 0. The molecular formula is C26H25F3N6O2. The number of rotatable bonds is 5. The van der Waals surface area contributed by atoms with Gasteiger partial charge in [-0.25, -0.2) is 9.97 Å². The fourth-order valence-corrected chi connectivity index (χ4v) is 4.79. The number of halogens is 3. The molecule has 0 saturated carbocycles. The van der Waals surface area contributed by atoms with Crippen LogP contribution in [0.15, 0.2) is 49.3 Å². The van der Waals surface area contributed by atoms with E-state index in [9.17, 15) is 22.8 Å². The van der Waals surface area contributed by atoms with Gasteiger partial charge in [-0.1, -0.05) is 42.8 Å². The summed E-state index contributed by atoms with van der Waals surface area (Å²) in [6.07, 6.45) is -1.83. The van der Waals surface area contributed by atoms with Gasteiger partial charge in [0, 0.05) is 12.6 Å². The van der Waals surface area contributed by atoms with E-state index >= 15 is 0 Å². The number of alkyl halides is 3. The average molecular weight is 511 g/mol. The second-order valence-electron chi connectivity index (χ2n) is 8.72. The highest BCUT2D eigenvalue weighted by molar-refractivity contribution is 6.12. The first-order valence-electron chi connectivity index (χ1n) is 11.5. The molecule has 1 fully saturated rings. The summed E-state index contributed by atoms with van der Waals surface area (Å²) in [5.74, 6) is 4.27. The minimum atomic E-state index is -4.76. The lowest BCUT2D eigenvalue weighted by Crippen LogP contribution is -2.38. The van der Waals surface area contributed by atoms with Crippen molar-refractivity contribution in [2.75, 3.05) is 12.3 Å². The molecule has 8 nitrogen and oxygen atoms in total. The zero-order valence-corrected chi connectivity index (χ0v) is 20.2. The Bertz CT molecular complexity index is 1420. The van der Waals surface area contributed by atoms with Crippen molar-refractivity contribution in [1.82, 2.24) is 24.8 Å². The summed E-state index contributed by atoms with van der Waals surface area (Å²) in [5.41, 5.74) is 6.27. The lowest BCUT2D eigenvalue weighted by atomic mass is 10.0. The molecule has 1 aliphatic heterocycles. The van der Waals surface area contributed by atoms with Gasteiger partial charge >= 0.3 is 6.18 Å². The summed E-state index contributed by atoms with van der Waals surface area (Å²) in [6.45, 7) is 7.24. The van der Waals surface area contributed by atoms with Crippen molar-refractivity contribution in [2.45, 2.75) is 44.6 Å². The fourth-order valence-electron chi connectivity index (χ4n) is 4.79. The zero-order chi connectivity index (χ0) is 26.9. The van der Waals surface area contributed by atoms with Crippen LogP contribution in [0.5, 0.6) is 0 Å². The lowest BCUT2D eigenvalue weighted by Gasteiger charge is -2.22. The van der Waals surface area contributed by atoms with Crippen molar-refractivity contribution in [2.24, 2.45) is 0 Å². The van der Waals surface area contributed by atoms with Gasteiger partial charge in [-0.15, -0.1) is 0 Å². The van der Waals surface area contributed by atoms with Crippen molar-refractivity contribution in [3.8, 4) is 11.8 Å². The van der Waals surface area contributed by atoms with Crippen LogP contribution in [-0.2, 0) is 4.79 Å². The summed E-state index contributed by atoms with van der Waals surface area (Å²) in [6, 6.07) is 4.31. The van der Waals surface area contributed by atoms with Crippen molar-refractivity contribution in [3.63, 3.8) is 0 Å². The van der Waals surface area contributed by atoms with Gasteiger partial charge in [0.05, 0.1) is 17.0 Å². The Labute approximate surface area is 211 Å². The van der Waals surface area contributed by atoms with E-state index in [0.717, 1.165) is 0 Å². The van der Waals surface area contributed by atoms with E-state index in [0.29, 0.717) is 6.42 Å². The summed E-state index contributed by atoms with van der Waals surface area (Å²) in [4.78, 5) is 35.8. The monoisotopic (exact) mass is 510 g/mol. The largest absolute Gasteiger partial charge is 0.412 e. The maximum atomic E-state index is 14.0. The Hall–Kier alpha value is -4.33. The molecule has 0 aliphatic carbocycles. The number of anilines is 1. The first-order chi connectivity index (χ1) is 17.6. The van der Waals surface area contributed by atoms with Crippen molar-refractivity contribution < 1.29 is 22.8 Å². The van der Waals surface area contributed by atoms with E-state index in [1.54, 1.807) is 22.5 Å². The SMILES string of the molecule is C=CC(=O)N1C[C@H](n2c(C#CC)c(C(=O)N[C@@H](c3ccccc3)C(F)(F)F)c3c(N)ncnc32)C[C@@H]1C. The molecule has 1 aliphatic rings. The van der Waals surface area contributed by atoms with Gasteiger partial charge in [0.1, 0.15) is 23.5 Å². The number of likely N-dealkylation sites (tertiary alicyclic amines) is 1. The van der Waals surface area contributed by atoms with Crippen LogP contribution in [-0.4, -0.2) is 50.0 Å². The topological polar surface area (TPSA) is 106 Å². The number of hydrogen-bond acceptors (Lipinski definition) is 5. The van der Waals surface area contributed by atoms with Crippen LogP contribution in [0.2, 0.25) is 0 Å². The molecule has 0 spiro atoms. The molecule has 3 N–H and O–H groups in total. The molecule has 0 unspecified atom stereocenters. The number of fused-ring (bicyclic) bond motifs is 1. The molecule has 3 aromatic rings. The first-order valence-corrected chi connectivity index (χ1v) is 11.5. The van der Waals surface area contributed by atoms with Crippen LogP contribution in [0.4, 0.5) is 19.0 Å². The van der Waals surface area contributed by atoms with Crippen LogP contribution in [0.1, 0.15) is 54.0 Å². The number of aromatic nitrogens is 3. The highest BCUT2D eigenvalue weighted by Crippen LogP contribution is 2.38. The summed E-state index contributed by atoms with van der Waals surface area (Å²) < 4.78 is 43.8. The highest BCUT2D eigenvalue weighted by atomic mass is 19.4. The molecule has 4 rings (SSSR count). The van der Waals surface area contributed by atoms with E-state index in [1.165, 1.54) is 36.7 Å². The lowest BCUT2D eigenvalue weighted by molar-refractivity contribution is -0.155. The number of carbonyl (C=O) groups excluding carboxylic acids is 2. The number of nitrogen functional groups attached to an aromatic ring is 1. The number of hydrogen-bond donors (Lipinski definition) is 2. The molecule has 0 radical (unpaired) electrons. The third kappa shape index (κ3) is 4.74. The number of nitrogens with two attached hydrogens (primary N) is 1. The molecule has 0 bridgehead atoms. The first kappa shape index (κ1) is 25.8. The Kier molecular flexibility index (Phi) is 6.94. The van der Waals surface area contributed by atoms with Crippen LogP contribution in [0.25, 0.3) is 11.0 Å². The smallest absolute Gasteiger partial charge is 0.383 e. The predicted molar refractivity (Wildman–Crippen MR) is 132 cm³/mol. The molecule has 1 aromatic carbocycles. The fraction of sp³-hybridized carbons (Fsp3) is 0.308. The predicted octanol–water partition coefficient (Wildman–Crippen LogP) is 3.77. The normalized spacial score (nSPS) is 18.2. The van der Waals surface area contributed by atoms with Crippen LogP contribution < -0.4 is 11.1 Å². The second kappa shape index (κ2) is 9.97. The van der Waals surface area contributed by atoms with Crippen LogP contribution in [0.3, 0.4) is 0 Å². The maximum Gasteiger partial charge on any atom is 0.412 e. The van der Waals surface area contributed by atoms with Crippen molar-refractivity contribution in [3.05, 3.63) is 66.1 Å². The van der Waals surface area contributed by atoms with Gasteiger partial charge in [0.15, 0.2) is 6.04 Å². The third-order valence-corrected chi connectivity index (χ3v) is 6.39. The van der Waals surface area contributed by atoms with E-state index in [2.05, 4.69) is 33.7 Å². The molecule has 37 heavy (non-hydrogen) atoms. The zero-order valence-electron chi connectivity index (χ0n) is 20.2. The number of benzene rings is 1. The van der Waals surface area contributed by atoms with Gasteiger partial charge < -0.3 is 20.5 Å². The van der Waals surface area contributed by atoms with E-state index in [4.69, 9.17) is 5.73 Å². The molecule has 11 heteroatoms. The van der Waals surface area contributed by atoms with Gasteiger partial charge in [0.2, 0.25) is 5.91 Å². The van der Waals surface area contributed by atoms with Crippen LogP contribution >= 0.6 is 0 Å². The second-order valence-corrected chi connectivity index (χ2v) is 8.72. The van der Waals surface area contributed by atoms with E-state index in [-0.39, 0.29) is 58.2 Å². The van der Waals surface area contributed by atoms with Gasteiger partial charge in [-0.3, -0.25) is 9.59 Å². The summed E-state index contributed by atoms with van der Waals surface area (Å²) in [7, 11) is 0. The van der Waals surface area contributed by atoms with Crippen molar-refractivity contribution >= 4 is 28.7 Å². The Morgan fingerprint density at radius 1 is 1.27 bits per heavy atom. The Morgan fingerprint density at radius 3 is 2.59 bits per heavy atom. The summed E-state index contributed by atoms with van der Waals surface area (Å²) in [5, 5.41) is 2.23. The molecule has 2 aromatic heterocycles. The number of carbonyl (C=O) groups is 2. The standard InChI is InChI=1S/C26H25F3N6O2/c1-4-9-18-20(25(37)33-22(26(27,28)29)16-10-7-6-8-11-16)21-23(30)31-14-32-24(21)35(18)17-12-15(3)34(13-17)19(36)5-2/h5-8,10-11,14-15,17,22H,2,12-13H2,1,3H3,(H,33,37)(H2,30,31,32)/t15-,17+,22-/m0/s1. The van der Waals surface area contributed by atoms with E-state index < -0.39 is 18.1 Å². The molecule has 1 saturated heterocycles. The van der Waals surface area contributed by atoms with Gasteiger partial charge in [-0.05, 0) is 37.8 Å². The van der Waals surface area contributed by atoms with Crippen LogP contribution in [0, 0.1) is 11.8 Å². The average Bonchev–Trinajstić information content (AvgIpc) is 3.40. The highest BCUT2D eigenvalue weighted by Gasteiger charge is 2.43. The third-order valence-electron chi connectivity index (χ3n) is 6.39.